The zero-order chi connectivity index (χ0) is 10.6. The van der Waals surface area contributed by atoms with Crippen molar-refractivity contribution in [3.05, 3.63) is 29.6 Å². The Bertz CT molecular complexity index is 339. The van der Waals surface area contributed by atoms with Crippen LogP contribution in [0.2, 0.25) is 0 Å². The fraction of sp³-hybridized carbons (Fsp3) is 0.300. The molecule has 0 aliphatic heterocycles. The van der Waals surface area contributed by atoms with Crippen LogP contribution in [0.3, 0.4) is 0 Å². The number of Topliss-reactive ketones (excluding diaryl/α,β-unsaturated/α-hetero) is 1. The van der Waals surface area contributed by atoms with Gasteiger partial charge in [-0.05, 0) is 24.0 Å². The Balaban J connectivity index is 3.03. The van der Waals surface area contributed by atoms with Crippen LogP contribution in [-0.4, -0.2) is 18.6 Å². The minimum atomic E-state index is -0.437. The van der Waals surface area contributed by atoms with E-state index in [1.807, 2.05) is 0 Å². The summed E-state index contributed by atoms with van der Waals surface area (Å²) in [6.45, 7) is 0. The Morgan fingerprint density at radius 2 is 2.29 bits per heavy atom. The minimum absolute atomic E-state index is 0.156. The lowest BCUT2D eigenvalue weighted by Gasteiger charge is -2.06. The number of hydrogen-bond acceptors (Lipinski definition) is 3. The largest absolute Gasteiger partial charge is 0.496 e. The van der Waals surface area contributed by atoms with E-state index >= 15 is 0 Å². The van der Waals surface area contributed by atoms with Crippen LogP contribution in [0.4, 0.5) is 4.39 Å². The monoisotopic (exact) mass is 214 g/mol. The summed E-state index contributed by atoms with van der Waals surface area (Å²) in [6, 6.07) is 3.89. The average Bonchev–Trinajstić information content (AvgIpc) is 2.18. The van der Waals surface area contributed by atoms with E-state index in [-0.39, 0.29) is 17.8 Å². The highest BCUT2D eigenvalue weighted by atomic mass is 32.1. The molecule has 1 aromatic carbocycles. The zero-order valence-corrected chi connectivity index (χ0v) is 8.68. The van der Waals surface area contributed by atoms with Crippen molar-refractivity contribution >= 4 is 18.4 Å². The van der Waals surface area contributed by atoms with Crippen LogP contribution in [0.1, 0.15) is 16.8 Å². The Morgan fingerprint density at radius 3 is 2.86 bits per heavy atom. The number of thiol groups is 1. The molecule has 0 aliphatic rings. The molecule has 0 amide bonds. The van der Waals surface area contributed by atoms with Crippen LogP contribution >= 0.6 is 12.6 Å². The molecule has 2 nitrogen and oxygen atoms in total. The lowest BCUT2D eigenvalue weighted by atomic mass is 10.1. The number of benzene rings is 1. The third kappa shape index (κ3) is 2.48. The summed E-state index contributed by atoms with van der Waals surface area (Å²) in [7, 11) is 1.45. The number of carbonyl (C=O) groups excluding carboxylic acids is 1. The summed E-state index contributed by atoms with van der Waals surface area (Å²) in [5, 5.41) is 0. The van der Waals surface area contributed by atoms with Gasteiger partial charge in [-0.2, -0.15) is 12.6 Å². The van der Waals surface area contributed by atoms with Gasteiger partial charge >= 0.3 is 0 Å². The van der Waals surface area contributed by atoms with Gasteiger partial charge in [0, 0.05) is 6.42 Å². The summed E-state index contributed by atoms with van der Waals surface area (Å²) in [5.74, 6) is 0.251. The topological polar surface area (TPSA) is 26.3 Å². The van der Waals surface area contributed by atoms with Gasteiger partial charge in [-0.3, -0.25) is 4.79 Å². The van der Waals surface area contributed by atoms with Crippen molar-refractivity contribution in [1.29, 1.82) is 0 Å². The van der Waals surface area contributed by atoms with Gasteiger partial charge in [0.05, 0.1) is 12.7 Å². The molecule has 4 heteroatoms. The fourth-order valence-electron chi connectivity index (χ4n) is 1.13. The Hall–Kier alpha value is -1.03. The quantitative estimate of drug-likeness (QED) is 0.615. The van der Waals surface area contributed by atoms with Gasteiger partial charge in [-0.15, -0.1) is 0 Å². The van der Waals surface area contributed by atoms with Crippen molar-refractivity contribution < 1.29 is 13.9 Å². The van der Waals surface area contributed by atoms with E-state index < -0.39 is 5.82 Å². The van der Waals surface area contributed by atoms with E-state index in [0.717, 1.165) is 0 Å². The lowest BCUT2D eigenvalue weighted by molar-refractivity contribution is 0.0986. The number of ether oxygens (including phenoxy) is 1. The highest BCUT2D eigenvalue weighted by Gasteiger charge is 2.12. The van der Waals surface area contributed by atoms with Crippen LogP contribution in [0.15, 0.2) is 18.2 Å². The molecule has 0 heterocycles. The maximum atomic E-state index is 12.9. The summed E-state index contributed by atoms with van der Waals surface area (Å²) >= 11 is 3.94. The second-order valence-electron chi connectivity index (χ2n) is 2.74. The Morgan fingerprint density at radius 1 is 1.57 bits per heavy atom. The first-order valence-corrected chi connectivity index (χ1v) is 4.80. The molecule has 76 valence electrons. The smallest absolute Gasteiger partial charge is 0.167 e. The SMILES string of the molecule is COc1ccc(F)cc1C(=O)CCS. The molecule has 0 aromatic heterocycles. The van der Waals surface area contributed by atoms with Crippen molar-refractivity contribution in [3.63, 3.8) is 0 Å². The van der Waals surface area contributed by atoms with E-state index in [4.69, 9.17) is 4.74 Å². The van der Waals surface area contributed by atoms with Gasteiger partial charge in [-0.1, -0.05) is 0 Å². The van der Waals surface area contributed by atoms with E-state index in [2.05, 4.69) is 12.6 Å². The van der Waals surface area contributed by atoms with Crippen molar-refractivity contribution in [2.24, 2.45) is 0 Å². The van der Waals surface area contributed by atoms with Crippen LogP contribution in [0, 0.1) is 5.82 Å². The normalized spacial score (nSPS) is 9.93. The van der Waals surface area contributed by atoms with Gasteiger partial charge in [0.1, 0.15) is 11.6 Å². The molecule has 0 saturated heterocycles. The molecule has 0 atom stereocenters. The molecule has 0 spiro atoms. The molecule has 1 rings (SSSR count). The summed E-state index contributed by atoms with van der Waals surface area (Å²) in [6.07, 6.45) is 0.281. The van der Waals surface area contributed by atoms with E-state index in [1.165, 1.54) is 25.3 Å². The number of rotatable bonds is 4. The molecule has 0 fully saturated rings. The number of carbonyl (C=O) groups is 1. The number of halogens is 1. The van der Waals surface area contributed by atoms with Crippen LogP contribution in [0.5, 0.6) is 5.75 Å². The van der Waals surface area contributed by atoms with Crippen molar-refractivity contribution in [2.75, 3.05) is 12.9 Å². The van der Waals surface area contributed by atoms with Gasteiger partial charge < -0.3 is 4.74 Å². The average molecular weight is 214 g/mol. The second kappa shape index (κ2) is 5.00. The first-order valence-electron chi connectivity index (χ1n) is 4.16. The molecular formula is C10H11FO2S. The molecule has 0 unspecified atom stereocenters. The molecule has 0 bridgehead atoms. The maximum Gasteiger partial charge on any atom is 0.167 e. The predicted octanol–water partition coefficient (Wildman–Crippen LogP) is 2.34. The Labute approximate surface area is 87.5 Å². The zero-order valence-electron chi connectivity index (χ0n) is 7.79. The number of methoxy groups -OCH3 is 1. The first kappa shape index (κ1) is 11.0. The third-order valence-corrected chi connectivity index (χ3v) is 2.02. The van der Waals surface area contributed by atoms with E-state index in [9.17, 15) is 9.18 Å². The number of hydrogen-bond donors (Lipinski definition) is 1. The van der Waals surface area contributed by atoms with Crippen LogP contribution in [0.25, 0.3) is 0 Å². The summed E-state index contributed by atoms with van der Waals surface area (Å²) in [5.41, 5.74) is 0.279. The van der Waals surface area contributed by atoms with Crippen LogP contribution < -0.4 is 4.74 Å². The molecule has 0 radical (unpaired) electrons. The highest BCUT2D eigenvalue weighted by Crippen LogP contribution is 2.20. The predicted molar refractivity (Wildman–Crippen MR) is 55.8 cm³/mol. The van der Waals surface area contributed by atoms with Gasteiger partial charge in [-0.25, -0.2) is 4.39 Å². The standard InChI is InChI=1S/C10H11FO2S/c1-13-10-3-2-7(11)6-8(10)9(12)4-5-14/h2-3,6,14H,4-5H2,1H3. The van der Waals surface area contributed by atoms with Crippen LogP contribution in [-0.2, 0) is 0 Å². The maximum absolute atomic E-state index is 12.9. The highest BCUT2D eigenvalue weighted by molar-refractivity contribution is 7.80. The van der Waals surface area contributed by atoms with Crippen molar-refractivity contribution in [1.82, 2.24) is 0 Å². The Kier molecular flexibility index (Phi) is 3.95. The molecular weight excluding hydrogens is 203 g/mol. The van der Waals surface area contributed by atoms with E-state index in [1.54, 1.807) is 0 Å². The number of ketones is 1. The van der Waals surface area contributed by atoms with Gasteiger partial charge in [0.15, 0.2) is 5.78 Å². The lowest BCUT2D eigenvalue weighted by Crippen LogP contribution is -2.03. The molecule has 1 aromatic rings. The first-order chi connectivity index (χ1) is 6.69. The van der Waals surface area contributed by atoms with Crippen molar-refractivity contribution in [2.45, 2.75) is 6.42 Å². The second-order valence-corrected chi connectivity index (χ2v) is 3.19. The molecule has 0 N–H and O–H groups in total. The molecule has 14 heavy (non-hydrogen) atoms. The molecule has 0 aliphatic carbocycles. The van der Waals surface area contributed by atoms with Gasteiger partial charge in [0.25, 0.3) is 0 Å². The fourth-order valence-corrected chi connectivity index (χ4v) is 1.34. The third-order valence-electron chi connectivity index (χ3n) is 1.80. The van der Waals surface area contributed by atoms with E-state index in [0.29, 0.717) is 11.5 Å². The van der Waals surface area contributed by atoms with Gasteiger partial charge in [0.2, 0.25) is 0 Å². The van der Waals surface area contributed by atoms with Crippen molar-refractivity contribution in [3.8, 4) is 5.75 Å². The summed E-state index contributed by atoms with van der Waals surface area (Å²) in [4.78, 5) is 11.5. The molecule has 0 saturated carbocycles. The summed E-state index contributed by atoms with van der Waals surface area (Å²) < 4.78 is 17.8. The minimum Gasteiger partial charge on any atom is -0.496 e.